The number of fused-ring (bicyclic) bond motifs is 3. The van der Waals surface area contributed by atoms with Crippen molar-refractivity contribution in [1.29, 1.82) is 0 Å². The Balaban J connectivity index is 2.10. The fourth-order valence-corrected chi connectivity index (χ4v) is 3.41. The minimum atomic E-state index is -0.418. The van der Waals surface area contributed by atoms with Gasteiger partial charge in [-0.05, 0) is 31.0 Å². The molecule has 0 atom stereocenters. The normalized spacial score (nSPS) is 14.0. The number of non-ortho nitro benzene ring substituents is 1. The Labute approximate surface area is 132 Å². The highest BCUT2D eigenvalue weighted by atomic mass is 16.6. The van der Waals surface area contributed by atoms with E-state index >= 15 is 0 Å². The minimum absolute atomic E-state index is 0.0175. The third-order valence-corrected chi connectivity index (χ3v) is 4.37. The van der Waals surface area contributed by atoms with Gasteiger partial charge in [0.05, 0.1) is 10.4 Å². The second-order valence-corrected chi connectivity index (χ2v) is 5.73. The van der Waals surface area contributed by atoms with E-state index in [1.54, 1.807) is 6.07 Å². The number of hydrogen-bond donors (Lipinski definition) is 0. The summed E-state index contributed by atoms with van der Waals surface area (Å²) >= 11 is 0. The molecule has 0 amide bonds. The number of Topliss-reactive ketones (excluding diaryl/α,β-unsaturated/α-hetero) is 1. The number of carbonyl (C=O) groups excluding carboxylic acids is 1. The van der Waals surface area contributed by atoms with Gasteiger partial charge in [-0.25, -0.2) is 0 Å². The van der Waals surface area contributed by atoms with Crippen LogP contribution in [0.4, 0.5) is 5.69 Å². The van der Waals surface area contributed by atoms with Crippen LogP contribution >= 0.6 is 0 Å². The maximum atomic E-state index is 12.4. The fraction of sp³-hybridized carbons (Fsp3) is 0.167. The van der Waals surface area contributed by atoms with E-state index in [4.69, 9.17) is 0 Å². The molecule has 0 radical (unpaired) electrons. The molecule has 1 aliphatic rings. The number of ketones is 1. The maximum Gasteiger partial charge on any atom is 0.270 e. The summed E-state index contributed by atoms with van der Waals surface area (Å²) in [5.41, 5.74) is 3.45. The lowest BCUT2D eigenvalue weighted by atomic mass is 9.94. The van der Waals surface area contributed by atoms with Gasteiger partial charge in [0.15, 0.2) is 5.78 Å². The zero-order chi connectivity index (χ0) is 16.0. The molecule has 0 saturated carbocycles. The summed E-state index contributed by atoms with van der Waals surface area (Å²) in [6.45, 7) is 0. The molecular formula is C18H14N2O3. The Bertz CT molecular complexity index is 942. The first-order valence-electron chi connectivity index (χ1n) is 7.57. The van der Waals surface area contributed by atoms with Crippen molar-refractivity contribution in [3.8, 4) is 5.69 Å². The lowest BCUT2D eigenvalue weighted by Gasteiger charge is -2.15. The van der Waals surface area contributed by atoms with Gasteiger partial charge in [-0.3, -0.25) is 14.9 Å². The van der Waals surface area contributed by atoms with Crippen LogP contribution in [0, 0.1) is 10.1 Å². The molecule has 0 unspecified atom stereocenters. The van der Waals surface area contributed by atoms with Crippen molar-refractivity contribution in [2.75, 3.05) is 0 Å². The quantitative estimate of drug-likeness (QED) is 0.530. The number of hydrogen-bond acceptors (Lipinski definition) is 3. The molecule has 1 aromatic heterocycles. The Morgan fingerprint density at radius 3 is 2.57 bits per heavy atom. The van der Waals surface area contributed by atoms with Crippen LogP contribution in [0.15, 0.2) is 48.5 Å². The molecule has 0 fully saturated rings. The van der Waals surface area contributed by atoms with Crippen molar-refractivity contribution >= 4 is 22.4 Å². The topological polar surface area (TPSA) is 65.1 Å². The lowest BCUT2D eigenvalue weighted by molar-refractivity contribution is -0.384. The van der Waals surface area contributed by atoms with Gasteiger partial charge in [0, 0.05) is 40.9 Å². The molecule has 0 N–H and O–H groups in total. The molecule has 0 aliphatic heterocycles. The van der Waals surface area contributed by atoms with Crippen LogP contribution in [0.5, 0.6) is 0 Å². The second-order valence-electron chi connectivity index (χ2n) is 5.73. The van der Waals surface area contributed by atoms with Crippen LogP contribution in [0.2, 0.25) is 0 Å². The highest BCUT2D eigenvalue weighted by Crippen LogP contribution is 2.36. The van der Waals surface area contributed by atoms with E-state index in [0.717, 1.165) is 29.7 Å². The van der Waals surface area contributed by atoms with Crippen LogP contribution < -0.4 is 0 Å². The maximum absolute atomic E-state index is 12.4. The summed E-state index contributed by atoms with van der Waals surface area (Å²) < 4.78 is 2.06. The summed E-state index contributed by atoms with van der Waals surface area (Å²) in [4.78, 5) is 23.1. The van der Waals surface area contributed by atoms with E-state index in [2.05, 4.69) is 4.57 Å². The number of carbonyl (C=O) groups is 1. The van der Waals surface area contributed by atoms with Crippen LogP contribution in [0.25, 0.3) is 16.6 Å². The Morgan fingerprint density at radius 1 is 1.04 bits per heavy atom. The monoisotopic (exact) mass is 306 g/mol. The molecule has 5 nitrogen and oxygen atoms in total. The molecule has 0 saturated heterocycles. The van der Waals surface area contributed by atoms with Crippen LogP contribution in [-0.2, 0) is 6.42 Å². The van der Waals surface area contributed by atoms with Crippen molar-refractivity contribution in [2.45, 2.75) is 19.3 Å². The number of aromatic nitrogens is 1. The minimum Gasteiger partial charge on any atom is -0.313 e. The molecule has 0 spiro atoms. The van der Waals surface area contributed by atoms with E-state index < -0.39 is 4.92 Å². The van der Waals surface area contributed by atoms with Crippen LogP contribution in [0.3, 0.4) is 0 Å². The standard InChI is InChI=1S/C18H14N2O3/c21-17-8-4-7-16-18(17)14-11-13(20(22)23)9-10-15(14)19(16)12-5-2-1-3-6-12/h1-3,5-6,9-11H,4,7-8H2. The predicted octanol–water partition coefficient (Wildman–Crippen LogP) is 4.06. The molecule has 0 bridgehead atoms. The largest absolute Gasteiger partial charge is 0.313 e. The second kappa shape index (κ2) is 5.05. The first-order valence-corrected chi connectivity index (χ1v) is 7.57. The molecular weight excluding hydrogens is 292 g/mol. The molecule has 3 aromatic rings. The zero-order valence-corrected chi connectivity index (χ0v) is 12.4. The number of nitrogens with zero attached hydrogens (tertiary/aromatic N) is 2. The lowest BCUT2D eigenvalue weighted by Crippen LogP contribution is -2.12. The summed E-state index contributed by atoms with van der Waals surface area (Å²) in [5.74, 6) is 0.0754. The van der Waals surface area contributed by atoms with Gasteiger partial charge < -0.3 is 4.57 Å². The predicted molar refractivity (Wildman–Crippen MR) is 87.2 cm³/mol. The summed E-state index contributed by atoms with van der Waals surface area (Å²) in [6.07, 6.45) is 2.12. The van der Waals surface area contributed by atoms with Gasteiger partial charge >= 0.3 is 0 Å². The number of benzene rings is 2. The molecule has 5 heteroatoms. The van der Waals surface area contributed by atoms with Gasteiger partial charge in [-0.15, -0.1) is 0 Å². The highest BCUT2D eigenvalue weighted by molar-refractivity contribution is 6.11. The molecule has 23 heavy (non-hydrogen) atoms. The third kappa shape index (κ3) is 2.04. The number of rotatable bonds is 2. The third-order valence-electron chi connectivity index (χ3n) is 4.37. The molecule has 4 rings (SSSR count). The SMILES string of the molecule is O=C1CCCc2c1c1cc([N+](=O)[O-])ccc1n2-c1ccccc1. The van der Waals surface area contributed by atoms with Crippen molar-refractivity contribution in [2.24, 2.45) is 0 Å². The van der Waals surface area contributed by atoms with E-state index in [9.17, 15) is 14.9 Å². The summed E-state index contributed by atoms with van der Waals surface area (Å²) in [7, 11) is 0. The van der Waals surface area contributed by atoms with Crippen molar-refractivity contribution in [3.05, 3.63) is 69.9 Å². The van der Waals surface area contributed by atoms with Gasteiger partial charge in [0.1, 0.15) is 0 Å². The van der Waals surface area contributed by atoms with Gasteiger partial charge in [-0.2, -0.15) is 0 Å². The number of nitro benzene ring substituents is 1. The summed E-state index contributed by atoms with van der Waals surface area (Å²) in [5, 5.41) is 11.8. The van der Waals surface area contributed by atoms with Gasteiger partial charge in [0.2, 0.25) is 0 Å². The van der Waals surface area contributed by atoms with Crippen molar-refractivity contribution in [1.82, 2.24) is 4.57 Å². The molecule has 1 heterocycles. The van der Waals surface area contributed by atoms with Gasteiger partial charge in [-0.1, -0.05) is 18.2 Å². The average molecular weight is 306 g/mol. The Hall–Kier alpha value is -2.95. The van der Waals surface area contributed by atoms with E-state index in [1.165, 1.54) is 12.1 Å². The smallest absolute Gasteiger partial charge is 0.270 e. The van der Waals surface area contributed by atoms with Gasteiger partial charge in [0.25, 0.3) is 5.69 Å². The zero-order valence-electron chi connectivity index (χ0n) is 12.4. The molecule has 2 aromatic carbocycles. The van der Waals surface area contributed by atoms with E-state index in [0.29, 0.717) is 17.4 Å². The summed E-state index contributed by atoms with van der Waals surface area (Å²) in [6, 6.07) is 14.6. The average Bonchev–Trinajstić information content (AvgIpc) is 2.90. The fourth-order valence-electron chi connectivity index (χ4n) is 3.41. The van der Waals surface area contributed by atoms with Crippen LogP contribution in [-0.4, -0.2) is 15.3 Å². The van der Waals surface area contributed by atoms with Crippen molar-refractivity contribution in [3.63, 3.8) is 0 Å². The highest BCUT2D eigenvalue weighted by Gasteiger charge is 2.27. The Kier molecular flexibility index (Phi) is 3.01. The molecule has 114 valence electrons. The van der Waals surface area contributed by atoms with Crippen molar-refractivity contribution < 1.29 is 9.72 Å². The van der Waals surface area contributed by atoms with E-state index in [1.807, 2.05) is 30.3 Å². The Morgan fingerprint density at radius 2 is 1.83 bits per heavy atom. The number of para-hydroxylation sites is 1. The van der Waals surface area contributed by atoms with Crippen LogP contribution in [0.1, 0.15) is 28.9 Å². The first-order chi connectivity index (χ1) is 11.2. The molecule has 1 aliphatic carbocycles. The number of nitro groups is 1. The first kappa shape index (κ1) is 13.7. The van der Waals surface area contributed by atoms with E-state index in [-0.39, 0.29) is 11.5 Å².